The van der Waals surface area contributed by atoms with Gasteiger partial charge in [0.15, 0.2) is 0 Å². The Hall–Kier alpha value is -1.94. The minimum absolute atomic E-state index is 0.224. The molecule has 1 aromatic heterocycles. The van der Waals surface area contributed by atoms with Crippen LogP contribution in [0.2, 0.25) is 5.15 Å². The smallest absolute Gasteiger partial charge is 0.254 e. The molecule has 5 heteroatoms. The number of nitrogens with zero attached hydrogens (tertiary/aromatic N) is 1. The second-order valence-electron chi connectivity index (χ2n) is 7.28. The number of benzene rings is 1. The Balaban J connectivity index is 1.75. The maximum Gasteiger partial charge on any atom is 0.254 e. The Morgan fingerprint density at radius 1 is 1.24 bits per heavy atom. The molecule has 0 saturated carbocycles. The second kappa shape index (κ2) is 7.12. The third-order valence-electron chi connectivity index (χ3n) is 4.51. The zero-order valence-electron chi connectivity index (χ0n) is 14.5. The summed E-state index contributed by atoms with van der Waals surface area (Å²) < 4.78 is 13.0. The molecule has 1 heterocycles. The normalized spacial score (nSPS) is 14.1. The quantitative estimate of drug-likeness (QED) is 0.815. The van der Waals surface area contributed by atoms with Crippen LogP contribution in [0.3, 0.4) is 0 Å². The van der Waals surface area contributed by atoms with Gasteiger partial charge < -0.3 is 5.32 Å². The minimum atomic E-state index is -0.492. The lowest BCUT2D eigenvalue weighted by atomic mass is 9.93. The largest absolute Gasteiger partial charge is 0.347 e. The van der Waals surface area contributed by atoms with Gasteiger partial charge in [-0.25, -0.2) is 9.37 Å². The Kier molecular flexibility index (Phi) is 5.09. The molecule has 0 unspecified atom stereocenters. The summed E-state index contributed by atoms with van der Waals surface area (Å²) in [7, 11) is 0. The molecule has 0 radical (unpaired) electrons. The Morgan fingerprint density at radius 2 is 1.92 bits per heavy atom. The number of hydrogen-bond acceptors (Lipinski definition) is 2. The number of carbonyl (C=O) groups excluding carboxylic acids is 1. The number of amides is 1. The summed E-state index contributed by atoms with van der Waals surface area (Å²) in [6, 6.07) is 8.20. The first-order valence-electron chi connectivity index (χ1n) is 8.59. The molecule has 0 aliphatic heterocycles. The summed E-state index contributed by atoms with van der Waals surface area (Å²) in [4.78, 5) is 17.1. The molecule has 1 aliphatic rings. The van der Waals surface area contributed by atoms with Crippen molar-refractivity contribution in [3.05, 3.63) is 63.7 Å². The minimum Gasteiger partial charge on any atom is -0.347 e. The van der Waals surface area contributed by atoms with Gasteiger partial charge in [0, 0.05) is 11.2 Å². The first kappa shape index (κ1) is 17.9. The first-order chi connectivity index (χ1) is 11.8. The molecule has 0 fully saturated rings. The van der Waals surface area contributed by atoms with E-state index in [4.69, 9.17) is 11.6 Å². The Morgan fingerprint density at radius 3 is 2.64 bits per heavy atom. The summed E-state index contributed by atoms with van der Waals surface area (Å²) in [6.45, 7) is 3.88. The highest BCUT2D eigenvalue weighted by Gasteiger charge is 2.25. The standard InChI is InChI=1S/C20H22ClFN2O/c1-20(2,12-13-7-9-15(22)10-8-13)24-19(25)16-11-14-5-3-4-6-17(14)23-18(16)21/h7-11H,3-6,12H2,1-2H3,(H,24,25). The van der Waals surface area contributed by atoms with E-state index in [1.54, 1.807) is 12.1 Å². The molecule has 132 valence electrons. The van der Waals surface area contributed by atoms with E-state index in [2.05, 4.69) is 10.3 Å². The zero-order valence-corrected chi connectivity index (χ0v) is 15.3. The SMILES string of the molecule is CC(C)(Cc1ccc(F)cc1)NC(=O)c1cc2c(nc1Cl)CCCC2. The van der Waals surface area contributed by atoms with Crippen molar-refractivity contribution < 1.29 is 9.18 Å². The summed E-state index contributed by atoms with van der Waals surface area (Å²) in [5.41, 5.74) is 3.03. The van der Waals surface area contributed by atoms with Crippen LogP contribution in [0.1, 0.15) is 53.9 Å². The number of nitrogens with one attached hydrogen (secondary N) is 1. The van der Waals surface area contributed by atoms with Gasteiger partial charge in [0.1, 0.15) is 11.0 Å². The van der Waals surface area contributed by atoms with Crippen molar-refractivity contribution in [2.45, 2.75) is 51.5 Å². The number of rotatable bonds is 4. The van der Waals surface area contributed by atoms with Crippen molar-refractivity contribution in [3.8, 4) is 0 Å². The summed E-state index contributed by atoms with van der Waals surface area (Å²) in [5.74, 6) is -0.490. The number of carbonyl (C=O) groups is 1. The van der Waals surface area contributed by atoms with Gasteiger partial charge in [-0.1, -0.05) is 23.7 Å². The fourth-order valence-electron chi connectivity index (χ4n) is 3.30. The van der Waals surface area contributed by atoms with E-state index in [9.17, 15) is 9.18 Å². The molecule has 2 aromatic rings. The zero-order chi connectivity index (χ0) is 18.0. The average molecular weight is 361 g/mol. The van der Waals surface area contributed by atoms with E-state index in [1.165, 1.54) is 12.1 Å². The van der Waals surface area contributed by atoms with Crippen LogP contribution in [0.4, 0.5) is 4.39 Å². The van der Waals surface area contributed by atoms with Crippen LogP contribution in [0, 0.1) is 5.82 Å². The van der Waals surface area contributed by atoms with Crippen molar-refractivity contribution in [1.29, 1.82) is 0 Å². The van der Waals surface area contributed by atoms with Gasteiger partial charge in [0.05, 0.1) is 5.56 Å². The molecule has 1 amide bonds. The fourth-order valence-corrected chi connectivity index (χ4v) is 3.54. The van der Waals surface area contributed by atoms with Gasteiger partial charge >= 0.3 is 0 Å². The van der Waals surface area contributed by atoms with Crippen LogP contribution < -0.4 is 5.32 Å². The first-order valence-corrected chi connectivity index (χ1v) is 8.97. The highest BCUT2D eigenvalue weighted by molar-refractivity contribution is 6.32. The molecule has 0 saturated heterocycles. The monoisotopic (exact) mass is 360 g/mol. The summed E-state index contributed by atoms with van der Waals surface area (Å²) in [5, 5.41) is 3.29. The maximum absolute atomic E-state index is 13.0. The van der Waals surface area contributed by atoms with Gasteiger partial charge in [-0.2, -0.15) is 0 Å². The number of aryl methyl sites for hydroxylation is 2. The molecule has 1 aromatic carbocycles. The predicted octanol–water partition coefficient (Wildman–Crippen LogP) is 4.50. The van der Waals surface area contributed by atoms with Gasteiger partial charge in [-0.3, -0.25) is 4.79 Å². The molecule has 1 N–H and O–H groups in total. The lowest BCUT2D eigenvalue weighted by molar-refractivity contribution is 0.0912. The molecular formula is C20H22ClFN2O. The van der Waals surface area contributed by atoms with E-state index < -0.39 is 5.54 Å². The van der Waals surface area contributed by atoms with Crippen LogP contribution in [-0.4, -0.2) is 16.4 Å². The average Bonchev–Trinajstić information content (AvgIpc) is 2.55. The van der Waals surface area contributed by atoms with Crippen LogP contribution in [0.15, 0.2) is 30.3 Å². The number of fused-ring (bicyclic) bond motifs is 1. The van der Waals surface area contributed by atoms with Crippen molar-refractivity contribution in [2.24, 2.45) is 0 Å². The number of halogens is 2. The number of aromatic nitrogens is 1. The summed E-state index contributed by atoms with van der Waals surface area (Å²) in [6.07, 6.45) is 4.70. The Bertz CT molecular complexity index is 787. The maximum atomic E-state index is 13.0. The molecular weight excluding hydrogens is 339 g/mol. The third kappa shape index (κ3) is 4.37. The lowest BCUT2D eigenvalue weighted by Gasteiger charge is -2.27. The predicted molar refractivity (Wildman–Crippen MR) is 97.5 cm³/mol. The topological polar surface area (TPSA) is 42.0 Å². The van der Waals surface area contributed by atoms with Gasteiger partial charge in [0.25, 0.3) is 5.91 Å². The van der Waals surface area contributed by atoms with Crippen LogP contribution in [-0.2, 0) is 19.3 Å². The highest BCUT2D eigenvalue weighted by atomic mass is 35.5. The van der Waals surface area contributed by atoms with Crippen molar-refractivity contribution in [3.63, 3.8) is 0 Å². The van der Waals surface area contributed by atoms with E-state index in [1.807, 2.05) is 19.9 Å². The molecule has 0 bridgehead atoms. The van der Waals surface area contributed by atoms with E-state index in [0.29, 0.717) is 12.0 Å². The van der Waals surface area contributed by atoms with Crippen molar-refractivity contribution in [2.75, 3.05) is 0 Å². The lowest BCUT2D eigenvalue weighted by Crippen LogP contribution is -2.45. The van der Waals surface area contributed by atoms with Crippen molar-refractivity contribution in [1.82, 2.24) is 10.3 Å². The third-order valence-corrected chi connectivity index (χ3v) is 4.80. The fraction of sp³-hybridized carbons (Fsp3) is 0.400. The van der Waals surface area contributed by atoms with Gasteiger partial charge in [0.2, 0.25) is 0 Å². The van der Waals surface area contributed by atoms with E-state index in [-0.39, 0.29) is 16.9 Å². The molecule has 0 spiro atoms. The van der Waals surface area contributed by atoms with E-state index in [0.717, 1.165) is 42.5 Å². The summed E-state index contributed by atoms with van der Waals surface area (Å²) >= 11 is 6.25. The molecule has 0 atom stereocenters. The molecule has 1 aliphatic carbocycles. The van der Waals surface area contributed by atoms with E-state index >= 15 is 0 Å². The molecule has 25 heavy (non-hydrogen) atoms. The van der Waals surface area contributed by atoms with Crippen LogP contribution >= 0.6 is 11.6 Å². The van der Waals surface area contributed by atoms with Crippen LogP contribution in [0.5, 0.6) is 0 Å². The molecule has 3 rings (SSSR count). The van der Waals surface area contributed by atoms with Gasteiger partial charge in [-0.15, -0.1) is 0 Å². The van der Waals surface area contributed by atoms with Gasteiger partial charge in [-0.05, 0) is 75.3 Å². The molecule has 3 nitrogen and oxygen atoms in total. The highest BCUT2D eigenvalue weighted by Crippen LogP contribution is 2.25. The van der Waals surface area contributed by atoms with Crippen LogP contribution in [0.25, 0.3) is 0 Å². The van der Waals surface area contributed by atoms with Crippen molar-refractivity contribution >= 4 is 17.5 Å². The second-order valence-corrected chi connectivity index (χ2v) is 7.64. The number of hydrogen-bond donors (Lipinski definition) is 1. The Labute approximate surface area is 152 Å². The number of pyridine rings is 1.